The highest BCUT2D eigenvalue weighted by Gasteiger charge is 2.17. The molecule has 5 aromatic rings. The number of nitrogens with zero attached hydrogens (tertiary/aromatic N) is 3. The van der Waals surface area contributed by atoms with E-state index in [0.717, 1.165) is 44.6 Å². The van der Waals surface area contributed by atoms with Gasteiger partial charge in [0.05, 0.1) is 6.61 Å². The van der Waals surface area contributed by atoms with E-state index in [1.807, 2.05) is 68.6 Å². The molecule has 0 saturated carbocycles. The second-order valence-electron chi connectivity index (χ2n) is 6.84. The number of hydrogen-bond donors (Lipinski definition) is 1. The highest BCUT2D eigenvalue weighted by Crippen LogP contribution is 2.37. The fraction of sp³-hybridized carbons (Fsp3) is 0.125. The number of para-hydroxylation sites is 1. The molecule has 0 aliphatic rings. The summed E-state index contributed by atoms with van der Waals surface area (Å²) < 4.78 is 12.0. The third-order valence-electron chi connectivity index (χ3n) is 4.93. The Morgan fingerprint density at radius 3 is 2.67 bits per heavy atom. The molecule has 6 heteroatoms. The predicted molar refractivity (Wildman–Crippen MR) is 119 cm³/mol. The average molecular weight is 396 g/mol. The zero-order valence-corrected chi connectivity index (χ0v) is 16.7. The summed E-state index contributed by atoms with van der Waals surface area (Å²) in [5.41, 5.74) is 3.36. The van der Waals surface area contributed by atoms with Gasteiger partial charge in [-0.2, -0.15) is 0 Å². The standard InChI is InChI=1S/C24H20N4O2/c1-3-29-21-13-17(20-12-15-7-4-5-9-19(15)30-20)11-18-22(21)27-23(28-24(18)25-2)16-8-6-10-26-14-16/h4-14H,3H2,1-2H3,(H,25,27,28). The molecule has 148 valence electrons. The Balaban J connectivity index is 1.75. The van der Waals surface area contributed by atoms with Gasteiger partial charge in [0.2, 0.25) is 0 Å². The predicted octanol–water partition coefficient (Wildman–Crippen LogP) is 5.55. The number of rotatable bonds is 5. The maximum absolute atomic E-state index is 6.08. The van der Waals surface area contributed by atoms with Crippen LogP contribution in [0.15, 0.2) is 71.4 Å². The van der Waals surface area contributed by atoms with Crippen LogP contribution in [0.4, 0.5) is 5.82 Å². The summed E-state index contributed by atoms with van der Waals surface area (Å²) in [4.78, 5) is 13.7. The first kappa shape index (κ1) is 18.1. The third-order valence-corrected chi connectivity index (χ3v) is 4.93. The largest absolute Gasteiger partial charge is 0.492 e. The number of furan rings is 1. The molecule has 0 atom stereocenters. The molecule has 3 aromatic heterocycles. The van der Waals surface area contributed by atoms with Crippen molar-refractivity contribution in [3.05, 3.63) is 67.0 Å². The number of pyridine rings is 1. The maximum Gasteiger partial charge on any atom is 0.163 e. The lowest BCUT2D eigenvalue weighted by molar-refractivity contribution is 0.343. The van der Waals surface area contributed by atoms with Gasteiger partial charge >= 0.3 is 0 Å². The number of benzene rings is 2. The number of anilines is 1. The Morgan fingerprint density at radius 1 is 1.00 bits per heavy atom. The van der Waals surface area contributed by atoms with Crippen LogP contribution in [0.1, 0.15) is 6.92 Å². The van der Waals surface area contributed by atoms with E-state index < -0.39 is 0 Å². The van der Waals surface area contributed by atoms with Gasteiger partial charge in [-0.1, -0.05) is 18.2 Å². The Bertz CT molecular complexity index is 1310. The van der Waals surface area contributed by atoms with Gasteiger partial charge < -0.3 is 14.5 Å². The van der Waals surface area contributed by atoms with E-state index in [1.54, 1.807) is 12.4 Å². The molecule has 0 spiro atoms. The van der Waals surface area contributed by atoms with Gasteiger partial charge in [-0.25, -0.2) is 9.97 Å². The summed E-state index contributed by atoms with van der Waals surface area (Å²) in [5.74, 6) is 2.78. The molecular formula is C24H20N4O2. The number of fused-ring (bicyclic) bond motifs is 2. The Labute approximate surface area is 173 Å². The van der Waals surface area contributed by atoms with E-state index in [1.165, 1.54) is 0 Å². The minimum absolute atomic E-state index is 0.528. The molecule has 1 N–H and O–H groups in total. The van der Waals surface area contributed by atoms with Gasteiger partial charge in [0.15, 0.2) is 5.82 Å². The summed E-state index contributed by atoms with van der Waals surface area (Å²) in [6.07, 6.45) is 3.48. The third kappa shape index (κ3) is 3.12. The summed E-state index contributed by atoms with van der Waals surface area (Å²) in [5, 5.41) is 5.12. The fourth-order valence-electron chi connectivity index (χ4n) is 3.55. The van der Waals surface area contributed by atoms with Crippen LogP contribution in [0.3, 0.4) is 0 Å². The van der Waals surface area contributed by atoms with Crippen LogP contribution in [-0.2, 0) is 0 Å². The molecule has 0 aliphatic carbocycles. The summed E-state index contributed by atoms with van der Waals surface area (Å²) in [7, 11) is 1.85. The second kappa shape index (κ2) is 7.48. The Kier molecular flexibility index (Phi) is 4.52. The van der Waals surface area contributed by atoms with E-state index in [4.69, 9.17) is 19.1 Å². The van der Waals surface area contributed by atoms with Crippen molar-refractivity contribution in [3.8, 4) is 28.5 Å². The van der Waals surface area contributed by atoms with Crippen LogP contribution in [-0.4, -0.2) is 28.6 Å². The lowest BCUT2D eigenvalue weighted by Crippen LogP contribution is -2.02. The van der Waals surface area contributed by atoms with Gasteiger partial charge in [0.1, 0.15) is 28.4 Å². The topological polar surface area (TPSA) is 73.1 Å². The molecule has 3 heterocycles. The minimum atomic E-state index is 0.528. The molecular weight excluding hydrogens is 376 g/mol. The van der Waals surface area contributed by atoms with Gasteiger partial charge in [0, 0.05) is 41.3 Å². The summed E-state index contributed by atoms with van der Waals surface area (Å²) >= 11 is 0. The maximum atomic E-state index is 6.08. The highest BCUT2D eigenvalue weighted by atomic mass is 16.5. The van der Waals surface area contributed by atoms with Crippen LogP contribution in [0.2, 0.25) is 0 Å². The van der Waals surface area contributed by atoms with Crippen LogP contribution >= 0.6 is 0 Å². The van der Waals surface area contributed by atoms with E-state index >= 15 is 0 Å². The smallest absolute Gasteiger partial charge is 0.163 e. The van der Waals surface area contributed by atoms with Gasteiger partial charge in [-0.05, 0) is 43.3 Å². The molecule has 6 nitrogen and oxygen atoms in total. The molecule has 0 bridgehead atoms. The monoisotopic (exact) mass is 396 g/mol. The van der Waals surface area contributed by atoms with Crippen molar-refractivity contribution in [2.45, 2.75) is 6.92 Å². The molecule has 0 unspecified atom stereocenters. The van der Waals surface area contributed by atoms with Crippen molar-refractivity contribution in [2.24, 2.45) is 0 Å². The Hall–Kier alpha value is -3.93. The van der Waals surface area contributed by atoms with Crippen LogP contribution in [0.5, 0.6) is 5.75 Å². The van der Waals surface area contributed by atoms with E-state index in [0.29, 0.717) is 18.2 Å². The second-order valence-corrected chi connectivity index (χ2v) is 6.84. The first-order valence-corrected chi connectivity index (χ1v) is 9.82. The quantitative estimate of drug-likeness (QED) is 0.420. The van der Waals surface area contributed by atoms with Gasteiger partial charge in [-0.15, -0.1) is 0 Å². The van der Waals surface area contributed by atoms with Crippen molar-refractivity contribution in [3.63, 3.8) is 0 Å². The van der Waals surface area contributed by atoms with E-state index in [2.05, 4.69) is 10.3 Å². The van der Waals surface area contributed by atoms with Crippen molar-refractivity contribution in [2.75, 3.05) is 19.0 Å². The molecule has 30 heavy (non-hydrogen) atoms. The minimum Gasteiger partial charge on any atom is -0.492 e. The van der Waals surface area contributed by atoms with E-state index in [9.17, 15) is 0 Å². The SMILES string of the molecule is CCOc1cc(-c2cc3ccccc3o2)cc2c(NC)nc(-c3cccnc3)nc12. The van der Waals surface area contributed by atoms with E-state index in [-0.39, 0.29) is 0 Å². The van der Waals surface area contributed by atoms with Crippen LogP contribution in [0.25, 0.3) is 44.6 Å². The average Bonchev–Trinajstić information content (AvgIpc) is 3.23. The molecule has 2 aromatic carbocycles. The number of aromatic nitrogens is 3. The zero-order valence-electron chi connectivity index (χ0n) is 16.7. The lowest BCUT2D eigenvalue weighted by atomic mass is 10.1. The van der Waals surface area contributed by atoms with Gasteiger partial charge in [0.25, 0.3) is 0 Å². The van der Waals surface area contributed by atoms with Crippen molar-refractivity contribution >= 4 is 27.7 Å². The molecule has 0 saturated heterocycles. The summed E-state index contributed by atoms with van der Waals surface area (Å²) in [6.45, 7) is 2.49. The normalized spacial score (nSPS) is 11.1. The molecule has 0 radical (unpaired) electrons. The fourth-order valence-corrected chi connectivity index (χ4v) is 3.55. The highest BCUT2D eigenvalue weighted by molar-refractivity contribution is 5.98. The van der Waals surface area contributed by atoms with Crippen LogP contribution < -0.4 is 10.1 Å². The molecule has 0 fully saturated rings. The summed E-state index contributed by atoms with van der Waals surface area (Å²) in [6, 6.07) is 17.8. The van der Waals surface area contributed by atoms with Crippen molar-refractivity contribution in [1.82, 2.24) is 15.0 Å². The Morgan fingerprint density at radius 2 is 1.90 bits per heavy atom. The van der Waals surface area contributed by atoms with Crippen LogP contribution in [0, 0.1) is 0 Å². The zero-order chi connectivity index (χ0) is 20.5. The number of hydrogen-bond acceptors (Lipinski definition) is 6. The van der Waals surface area contributed by atoms with Gasteiger partial charge in [-0.3, -0.25) is 4.98 Å². The number of ether oxygens (including phenoxy) is 1. The molecule has 0 amide bonds. The molecule has 0 aliphatic heterocycles. The van der Waals surface area contributed by atoms with Crippen molar-refractivity contribution in [1.29, 1.82) is 0 Å². The number of nitrogens with one attached hydrogen (secondary N) is 1. The molecule has 5 rings (SSSR count). The van der Waals surface area contributed by atoms with Crippen molar-refractivity contribution < 1.29 is 9.15 Å². The first-order chi connectivity index (χ1) is 14.8. The first-order valence-electron chi connectivity index (χ1n) is 9.82. The lowest BCUT2D eigenvalue weighted by Gasteiger charge is -2.13.